The van der Waals surface area contributed by atoms with Crippen LogP contribution in [0.3, 0.4) is 0 Å². The lowest BCUT2D eigenvalue weighted by Crippen LogP contribution is -2.33. The quantitative estimate of drug-likeness (QED) is 0.192. The van der Waals surface area contributed by atoms with E-state index < -0.39 is 0 Å². The maximum absolute atomic E-state index is 11.0. The number of aliphatic imine (C=N–C) groups is 1. The Kier molecular flexibility index (Phi) is 7.38. The van der Waals surface area contributed by atoms with E-state index in [9.17, 15) is 4.79 Å². The highest BCUT2D eigenvalue weighted by Gasteiger charge is 2.07. The van der Waals surface area contributed by atoms with Crippen LogP contribution in [0.2, 0.25) is 0 Å². The third-order valence-electron chi connectivity index (χ3n) is 3.03. The number of carbonyl (C=O) groups excluding carboxylic acids is 1. The van der Waals surface area contributed by atoms with Crippen LogP contribution >= 0.6 is 0 Å². The monoisotopic (exact) mass is 315 g/mol. The second-order valence-corrected chi connectivity index (χ2v) is 6.52. The van der Waals surface area contributed by atoms with Crippen molar-refractivity contribution in [3.63, 3.8) is 0 Å². The summed E-state index contributed by atoms with van der Waals surface area (Å²) in [5.74, 6) is 4.75. The van der Waals surface area contributed by atoms with Gasteiger partial charge < -0.3 is 4.48 Å². The van der Waals surface area contributed by atoms with E-state index in [1.165, 1.54) is 11.1 Å². The lowest BCUT2D eigenvalue weighted by molar-refractivity contribution is -0.884. The second kappa shape index (κ2) is 9.02. The molecule has 5 nitrogen and oxygen atoms in total. The van der Waals surface area contributed by atoms with Gasteiger partial charge in [0.05, 0.1) is 34.1 Å². The Bertz CT molecular complexity index is 580. The SMILES string of the molecule is C=C(/C=C\C=N\Cc1ccc(C[N+](C)(C)C)cc1)CC(=O)NN. The van der Waals surface area contributed by atoms with Gasteiger partial charge in [-0.15, -0.1) is 0 Å². The molecule has 23 heavy (non-hydrogen) atoms. The van der Waals surface area contributed by atoms with Crippen molar-refractivity contribution in [2.24, 2.45) is 10.8 Å². The number of amides is 1. The van der Waals surface area contributed by atoms with Crippen LogP contribution in [0.15, 0.2) is 53.6 Å². The molecule has 0 aliphatic rings. The molecule has 0 spiro atoms. The largest absolute Gasteiger partial charge is 0.327 e. The number of hydrazine groups is 1. The van der Waals surface area contributed by atoms with Gasteiger partial charge in [-0.1, -0.05) is 36.9 Å². The zero-order valence-corrected chi connectivity index (χ0v) is 14.2. The maximum atomic E-state index is 11.0. The number of nitrogens with zero attached hydrogens (tertiary/aromatic N) is 2. The molecule has 0 aliphatic heterocycles. The fraction of sp³-hybridized carbons (Fsp3) is 0.333. The van der Waals surface area contributed by atoms with Gasteiger partial charge in [-0.3, -0.25) is 15.2 Å². The maximum Gasteiger partial charge on any atom is 0.238 e. The summed E-state index contributed by atoms with van der Waals surface area (Å²) in [6, 6.07) is 8.52. The van der Waals surface area contributed by atoms with Crippen LogP contribution < -0.4 is 11.3 Å². The van der Waals surface area contributed by atoms with Crippen LogP contribution in [0.1, 0.15) is 17.5 Å². The first-order chi connectivity index (χ1) is 10.8. The summed E-state index contributed by atoms with van der Waals surface area (Å²) in [5, 5.41) is 0. The molecule has 0 saturated carbocycles. The Morgan fingerprint density at radius 2 is 1.87 bits per heavy atom. The Labute approximate surface area is 138 Å². The van der Waals surface area contributed by atoms with Gasteiger partial charge in [0.25, 0.3) is 0 Å². The van der Waals surface area contributed by atoms with E-state index in [0.29, 0.717) is 12.1 Å². The highest BCUT2D eigenvalue weighted by Crippen LogP contribution is 2.09. The first-order valence-electron chi connectivity index (χ1n) is 7.52. The molecule has 0 atom stereocenters. The number of hydrogen-bond donors (Lipinski definition) is 2. The van der Waals surface area contributed by atoms with E-state index in [1.807, 2.05) is 0 Å². The van der Waals surface area contributed by atoms with Gasteiger partial charge in [-0.05, 0) is 17.2 Å². The zero-order valence-electron chi connectivity index (χ0n) is 14.2. The molecule has 1 aromatic rings. The summed E-state index contributed by atoms with van der Waals surface area (Å²) in [6.45, 7) is 5.41. The molecule has 0 heterocycles. The molecule has 3 N–H and O–H groups in total. The van der Waals surface area contributed by atoms with Gasteiger partial charge in [0.15, 0.2) is 0 Å². The Morgan fingerprint density at radius 1 is 1.26 bits per heavy atom. The number of benzene rings is 1. The molecule has 0 unspecified atom stereocenters. The van der Waals surface area contributed by atoms with Crippen LogP contribution in [0.25, 0.3) is 0 Å². The average Bonchev–Trinajstić information content (AvgIpc) is 2.47. The molecule has 1 amide bonds. The average molecular weight is 315 g/mol. The zero-order chi connectivity index (χ0) is 17.3. The van der Waals surface area contributed by atoms with Crippen molar-refractivity contribution in [3.05, 3.63) is 59.7 Å². The van der Waals surface area contributed by atoms with Crippen molar-refractivity contribution in [2.75, 3.05) is 21.1 Å². The molecule has 0 radical (unpaired) electrons. The van der Waals surface area contributed by atoms with Gasteiger partial charge in [0, 0.05) is 11.8 Å². The third-order valence-corrected chi connectivity index (χ3v) is 3.03. The van der Waals surface area contributed by atoms with Crippen LogP contribution in [-0.2, 0) is 17.9 Å². The van der Waals surface area contributed by atoms with Crippen LogP contribution in [0.4, 0.5) is 0 Å². The smallest absolute Gasteiger partial charge is 0.238 e. The number of hydrogen-bond acceptors (Lipinski definition) is 3. The van der Waals surface area contributed by atoms with Crippen molar-refractivity contribution in [2.45, 2.75) is 19.5 Å². The summed E-state index contributed by atoms with van der Waals surface area (Å²) in [5.41, 5.74) is 5.24. The van der Waals surface area contributed by atoms with Gasteiger partial charge >= 0.3 is 0 Å². The topological polar surface area (TPSA) is 67.5 Å². The molecule has 1 aromatic carbocycles. The van der Waals surface area contributed by atoms with Crippen molar-refractivity contribution in [1.82, 2.24) is 5.43 Å². The van der Waals surface area contributed by atoms with Gasteiger partial charge in [0.2, 0.25) is 5.91 Å². The Hall–Kier alpha value is -2.24. The number of allylic oxidation sites excluding steroid dienone is 2. The highest BCUT2D eigenvalue weighted by molar-refractivity contribution is 5.79. The van der Waals surface area contributed by atoms with Gasteiger partial charge in [-0.25, -0.2) is 5.84 Å². The fourth-order valence-corrected chi connectivity index (χ4v) is 2.01. The van der Waals surface area contributed by atoms with E-state index in [2.05, 4.69) is 62.4 Å². The van der Waals surface area contributed by atoms with Crippen molar-refractivity contribution < 1.29 is 9.28 Å². The standard InChI is InChI=1S/C18H26N4O/c1-15(12-18(23)21-19)6-5-11-20-13-16-7-9-17(10-8-16)14-22(2,3)4/h5-11H,1,12-14,19H2,2-4H3/p+1/b6-5-,20-11+. The highest BCUT2D eigenvalue weighted by atomic mass is 16.2. The van der Waals surface area contributed by atoms with Gasteiger partial charge in [0.1, 0.15) is 6.54 Å². The molecule has 0 fully saturated rings. The number of carbonyl (C=O) groups is 1. The molecular formula is C18H27N4O+. The summed E-state index contributed by atoms with van der Waals surface area (Å²) in [7, 11) is 6.53. The first kappa shape index (κ1) is 18.8. The predicted molar refractivity (Wildman–Crippen MR) is 95.6 cm³/mol. The molecule has 0 bridgehead atoms. The van der Waals surface area contributed by atoms with Crippen molar-refractivity contribution in [1.29, 1.82) is 0 Å². The summed E-state index contributed by atoms with van der Waals surface area (Å²) < 4.78 is 0.911. The third kappa shape index (κ3) is 8.70. The van der Waals surface area contributed by atoms with Crippen LogP contribution in [0.5, 0.6) is 0 Å². The Balaban J connectivity index is 2.43. The lowest BCUT2D eigenvalue weighted by Gasteiger charge is -2.23. The molecule has 124 valence electrons. The first-order valence-corrected chi connectivity index (χ1v) is 7.52. The molecule has 0 aromatic heterocycles. The minimum absolute atomic E-state index is 0.189. The van der Waals surface area contributed by atoms with Crippen molar-refractivity contribution in [3.8, 4) is 0 Å². The molecular weight excluding hydrogens is 288 g/mol. The van der Waals surface area contributed by atoms with Crippen LogP contribution in [0, 0.1) is 0 Å². The number of quaternary nitrogens is 1. The fourth-order valence-electron chi connectivity index (χ4n) is 2.01. The Morgan fingerprint density at radius 3 is 2.43 bits per heavy atom. The normalized spacial score (nSPS) is 12.0. The van der Waals surface area contributed by atoms with E-state index in [1.54, 1.807) is 18.4 Å². The summed E-state index contributed by atoms with van der Waals surface area (Å²) >= 11 is 0. The molecule has 0 saturated heterocycles. The molecule has 5 heteroatoms. The van der Waals surface area contributed by atoms with E-state index in [-0.39, 0.29) is 12.3 Å². The summed E-state index contributed by atoms with van der Waals surface area (Å²) in [6.07, 6.45) is 5.43. The lowest BCUT2D eigenvalue weighted by atomic mass is 10.1. The van der Waals surface area contributed by atoms with Gasteiger partial charge in [-0.2, -0.15) is 0 Å². The second-order valence-electron chi connectivity index (χ2n) is 6.52. The molecule has 0 aliphatic carbocycles. The predicted octanol–water partition coefficient (Wildman–Crippen LogP) is 1.96. The van der Waals surface area contributed by atoms with E-state index in [4.69, 9.17) is 5.84 Å². The molecule has 1 rings (SSSR count). The van der Waals surface area contributed by atoms with Crippen LogP contribution in [-0.4, -0.2) is 37.7 Å². The summed E-state index contributed by atoms with van der Waals surface area (Å²) in [4.78, 5) is 15.4. The minimum Gasteiger partial charge on any atom is -0.327 e. The number of nitrogens with two attached hydrogens (primary N) is 1. The van der Waals surface area contributed by atoms with E-state index in [0.717, 1.165) is 11.0 Å². The minimum atomic E-state index is -0.259. The number of nitrogens with one attached hydrogen (secondary N) is 1. The van der Waals surface area contributed by atoms with Crippen molar-refractivity contribution >= 4 is 12.1 Å². The van der Waals surface area contributed by atoms with E-state index >= 15 is 0 Å². The number of rotatable bonds is 8.